The molecule has 0 aliphatic heterocycles. The van der Waals surface area contributed by atoms with E-state index < -0.39 is 9.84 Å². The molecular formula is C21H22Cl2N2O4S. The van der Waals surface area contributed by atoms with E-state index in [0.717, 1.165) is 11.8 Å². The maximum absolute atomic E-state index is 12.7. The van der Waals surface area contributed by atoms with Crippen LogP contribution in [0.5, 0.6) is 0 Å². The summed E-state index contributed by atoms with van der Waals surface area (Å²) in [6.07, 6.45) is 5.05. The van der Waals surface area contributed by atoms with Crippen LogP contribution in [-0.2, 0) is 19.4 Å². The van der Waals surface area contributed by atoms with E-state index in [1.165, 1.54) is 12.3 Å². The number of amides is 1. The lowest BCUT2D eigenvalue weighted by Gasteiger charge is -2.30. The molecule has 1 aromatic heterocycles. The second-order valence-electron chi connectivity index (χ2n) is 7.56. The third-order valence-corrected chi connectivity index (χ3v) is 7.14. The van der Waals surface area contributed by atoms with Gasteiger partial charge in [-0.05, 0) is 54.5 Å². The number of carbonyl (C=O) groups excluding carboxylic acids is 2. The number of anilines is 1. The van der Waals surface area contributed by atoms with Gasteiger partial charge < -0.3 is 5.32 Å². The molecule has 1 N–H and O–H groups in total. The molecule has 1 atom stereocenters. The number of benzene rings is 1. The molecule has 1 heterocycles. The predicted molar refractivity (Wildman–Crippen MR) is 117 cm³/mol. The molecule has 1 aliphatic rings. The van der Waals surface area contributed by atoms with Crippen molar-refractivity contribution in [3.8, 4) is 0 Å². The van der Waals surface area contributed by atoms with E-state index >= 15 is 0 Å². The fraction of sp³-hybridized carbons (Fsp3) is 0.381. The van der Waals surface area contributed by atoms with Crippen molar-refractivity contribution >= 4 is 50.5 Å². The van der Waals surface area contributed by atoms with Gasteiger partial charge in [0.05, 0.1) is 14.9 Å². The molecule has 1 aliphatic carbocycles. The lowest BCUT2D eigenvalue weighted by Crippen LogP contribution is -2.25. The number of halogens is 2. The van der Waals surface area contributed by atoms with Crippen molar-refractivity contribution in [2.24, 2.45) is 5.92 Å². The van der Waals surface area contributed by atoms with Crippen LogP contribution in [0.3, 0.4) is 0 Å². The van der Waals surface area contributed by atoms with E-state index in [1.54, 1.807) is 24.3 Å². The summed E-state index contributed by atoms with van der Waals surface area (Å²) >= 11 is 12.1. The number of aromatic nitrogens is 1. The van der Waals surface area contributed by atoms with Crippen LogP contribution in [0.25, 0.3) is 0 Å². The number of sulfone groups is 1. The van der Waals surface area contributed by atoms with Gasteiger partial charge in [-0.1, -0.05) is 29.3 Å². The molecule has 0 bridgehead atoms. The van der Waals surface area contributed by atoms with Crippen molar-refractivity contribution in [1.29, 1.82) is 0 Å². The van der Waals surface area contributed by atoms with Crippen LogP contribution in [0.1, 0.15) is 43.6 Å². The van der Waals surface area contributed by atoms with Crippen LogP contribution in [0.15, 0.2) is 41.4 Å². The fourth-order valence-electron chi connectivity index (χ4n) is 3.81. The first-order valence-electron chi connectivity index (χ1n) is 9.56. The van der Waals surface area contributed by atoms with E-state index in [2.05, 4.69) is 10.3 Å². The molecule has 1 amide bonds. The second kappa shape index (κ2) is 9.45. The summed E-state index contributed by atoms with van der Waals surface area (Å²) in [6.45, 7) is 0. The maximum atomic E-state index is 12.7. The van der Waals surface area contributed by atoms with Gasteiger partial charge in [0, 0.05) is 31.7 Å². The van der Waals surface area contributed by atoms with E-state index in [1.807, 2.05) is 0 Å². The van der Waals surface area contributed by atoms with Crippen LogP contribution in [0.2, 0.25) is 10.0 Å². The van der Waals surface area contributed by atoms with Gasteiger partial charge in [0.15, 0.2) is 9.84 Å². The molecule has 2 aromatic rings. The number of ketones is 1. The molecule has 0 saturated heterocycles. The van der Waals surface area contributed by atoms with E-state index in [9.17, 15) is 18.0 Å². The van der Waals surface area contributed by atoms with Gasteiger partial charge in [0.25, 0.3) is 0 Å². The molecule has 30 heavy (non-hydrogen) atoms. The number of nitrogens with zero attached hydrogens (tertiary/aromatic N) is 1. The monoisotopic (exact) mass is 468 g/mol. The highest BCUT2D eigenvalue weighted by molar-refractivity contribution is 7.90. The SMILES string of the molecule is CS(=O)(=O)c1ccc([C@H](CC(=O)Nc2ccc(Cl)cn2)C2CCC(=O)CC2)cc1Cl. The molecule has 0 unspecified atom stereocenters. The van der Waals surface area contributed by atoms with Crippen LogP contribution in [-0.4, -0.2) is 31.3 Å². The summed E-state index contributed by atoms with van der Waals surface area (Å²) in [5, 5.41) is 3.36. The molecule has 1 aromatic carbocycles. The first kappa shape index (κ1) is 22.7. The van der Waals surface area contributed by atoms with Crippen molar-refractivity contribution in [2.75, 3.05) is 11.6 Å². The third kappa shape index (κ3) is 5.80. The lowest BCUT2D eigenvalue weighted by molar-refractivity contribution is -0.121. The summed E-state index contributed by atoms with van der Waals surface area (Å²) in [7, 11) is -3.45. The van der Waals surface area contributed by atoms with Gasteiger partial charge in [-0.3, -0.25) is 9.59 Å². The second-order valence-corrected chi connectivity index (χ2v) is 10.4. The molecule has 0 radical (unpaired) electrons. The molecule has 9 heteroatoms. The van der Waals surface area contributed by atoms with Crippen molar-refractivity contribution in [3.63, 3.8) is 0 Å². The maximum Gasteiger partial charge on any atom is 0.226 e. The van der Waals surface area contributed by atoms with E-state index in [-0.39, 0.29) is 39.9 Å². The number of hydrogen-bond donors (Lipinski definition) is 1. The minimum absolute atomic E-state index is 0.0558. The van der Waals surface area contributed by atoms with Crippen molar-refractivity contribution in [1.82, 2.24) is 4.98 Å². The highest BCUT2D eigenvalue weighted by Gasteiger charge is 2.30. The normalized spacial score (nSPS) is 16.3. The standard InChI is InChI=1S/C21H22Cl2N2O4S/c1-30(28,29)19-8-4-14(10-18(19)23)17(13-2-6-16(26)7-3-13)11-21(27)25-20-9-5-15(22)12-24-20/h4-5,8-10,12-13,17H,2-3,6-7,11H2,1H3,(H,24,25,27)/t17-/m1/s1. The molecule has 1 saturated carbocycles. The van der Waals surface area contributed by atoms with Gasteiger partial charge in [0.1, 0.15) is 11.6 Å². The van der Waals surface area contributed by atoms with Crippen LogP contribution < -0.4 is 5.32 Å². The Morgan fingerprint density at radius 3 is 2.47 bits per heavy atom. The molecule has 1 fully saturated rings. The van der Waals surface area contributed by atoms with Gasteiger partial charge in [-0.25, -0.2) is 13.4 Å². The molecule has 3 rings (SSSR count). The Hall–Kier alpha value is -1.96. The predicted octanol–water partition coefficient (Wildman–Crippen LogP) is 4.66. The van der Waals surface area contributed by atoms with Crippen LogP contribution in [0, 0.1) is 5.92 Å². The number of Topliss-reactive ketones (excluding diaryl/α,β-unsaturated/α-hetero) is 1. The molecule has 6 nitrogen and oxygen atoms in total. The van der Waals surface area contributed by atoms with E-state index in [0.29, 0.717) is 36.5 Å². The minimum atomic E-state index is -3.45. The van der Waals surface area contributed by atoms with Crippen LogP contribution >= 0.6 is 23.2 Å². The Labute approximate surface area is 185 Å². The Morgan fingerprint density at radius 2 is 1.90 bits per heavy atom. The van der Waals surface area contributed by atoms with Crippen molar-refractivity contribution in [2.45, 2.75) is 42.9 Å². The first-order valence-corrected chi connectivity index (χ1v) is 12.2. The number of rotatable bonds is 6. The van der Waals surface area contributed by atoms with Gasteiger partial charge in [0.2, 0.25) is 5.91 Å². The Bertz CT molecular complexity index is 1050. The van der Waals surface area contributed by atoms with Gasteiger partial charge in [-0.2, -0.15) is 0 Å². The highest BCUT2D eigenvalue weighted by atomic mass is 35.5. The lowest BCUT2D eigenvalue weighted by atomic mass is 9.75. The zero-order valence-corrected chi connectivity index (χ0v) is 18.7. The first-order chi connectivity index (χ1) is 14.1. The van der Waals surface area contributed by atoms with Crippen molar-refractivity contribution in [3.05, 3.63) is 52.1 Å². The third-order valence-electron chi connectivity index (χ3n) is 5.34. The Morgan fingerprint density at radius 1 is 1.20 bits per heavy atom. The zero-order chi connectivity index (χ0) is 21.9. The molecular weight excluding hydrogens is 447 g/mol. The number of hydrogen-bond acceptors (Lipinski definition) is 5. The van der Waals surface area contributed by atoms with E-state index in [4.69, 9.17) is 23.2 Å². The summed E-state index contributed by atoms with van der Waals surface area (Å²) in [4.78, 5) is 28.5. The fourth-order valence-corrected chi connectivity index (χ4v) is 5.26. The van der Waals surface area contributed by atoms with Gasteiger partial charge >= 0.3 is 0 Å². The van der Waals surface area contributed by atoms with Crippen molar-refractivity contribution < 1.29 is 18.0 Å². The largest absolute Gasteiger partial charge is 0.311 e. The summed E-state index contributed by atoms with van der Waals surface area (Å²) in [5.74, 6) is 0.316. The summed E-state index contributed by atoms with van der Waals surface area (Å²) < 4.78 is 23.8. The Kier molecular flexibility index (Phi) is 7.16. The average molecular weight is 469 g/mol. The number of pyridine rings is 1. The quantitative estimate of drug-likeness (QED) is 0.664. The number of nitrogens with one attached hydrogen (secondary N) is 1. The molecule has 0 spiro atoms. The zero-order valence-electron chi connectivity index (χ0n) is 16.4. The number of carbonyl (C=O) groups is 2. The molecule has 160 valence electrons. The summed E-state index contributed by atoms with van der Waals surface area (Å²) in [6, 6.07) is 8.06. The Balaban J connectivity index is 1.85. The van der Waals surface area contributed by atoms with Crippen LogP contribution in [0.4, 0.5) is 5.82 Å². The average Bonchev–Trinajstić information content (AvgIpc) is 2.68. The highest BCUT2D eigenvalue weighted by Crippen LogP contribution is 2.39. The minimum Gasteiger partial charge on any atom is -0.311 e. The van der Waals surface area contributed by atoms with Gasteiger partial charge in [-0.15, -0.1) is 0 Å². The summed E-state index contributed by atoms with van der Waals surface area (Å²) in [5.41, 5.74) is 0.783. The smallest absolute Gasteiger partial charge is 0.226 e. The topological polar surface area (TPSA) is 93.2 Å².